The molecule has 0 amide bonds. The Morgan fingerprint density at radius 3 is 2.67 bits per heavy atom. The van der Waals surface area contributed by atoms with Crippen molar-refractivity contribution in [2.75, 3.05) is 13.2 Å². The fourth-order valence-corrected chi connectivity index (χ4v) is 0.423. The summed E-state index contributed by atoms with van der Waals surface area (Å²) in [6.07, 6.45) is 1.99. The fourth-order valence-electron chi connectivity index (χ4n) is 0.423. The highest BCUT2D eigenvalue weighted by Crippen LogP contribution is 1.73. The van der Waals surface area contributed by atoms with E-state index in [1.54, 1.807) is 0 Å². The summed E-state index contributed by atoms with van der Waals surface area (Å²) in [5.74, 6) is 0. The van der Waals surface area contributed by atoms with Crippen molar-refractivity contribution in [3.63, 3.8) is 0 Å². The van der Waals surface area contributed by atoms with Gasteiger partial charge in [0.2, 0.25) is 13.0 Å². The van der Waals surface area contributed by atoms with Crippen LogP contribution in [0.3, 0.4) is 0 Å². The molecule has 0 radical (unpaired) electrons. The van der Waals surface area contributed by atoms with E-state index >= 15 is 0 Å². The van der Waals surface area contributed by atoms with E-state index in [0.29, 0.717) is 0 Å². The molecule has 0 fully saturated rings. The van der Waals surface area contributed by atoms with Gasteiger partial charge < -0.3 is 0 Å². The molecular formula is C4H9N2+. The maximum Gasteiger partial charge on any atom is 0.238 e. The van der Waals surface area contributed by atoms with Gasteiger partial charge in [0.1, 0.15) is 0 Å². The highest BCUT2D eigenvalue weighted by atomic mass is 15.3. The van der Waals surface area contributed by atoms with Crippen LogP contribution in [0.5, 0.6) is 0 Å². The van der Waals surface area contributed by atoms with Crippen molar-refractivity contribution in [1.29, 1.82) is 0 Å². The molecule has 1 aliphatic rings. The van der Waals surface area contributed by atoms with E-state index in [2.05, 4.69) is 16.8 Å². The predicted molar refractivity (Wildman–Crippen MR) is 24.9 cm³/mol. The number of nitrogens with one attached hydrogen (secondary N) is 1. The molecule has 0 unspecified atom stereocenters. The van der Waals surface area contributed by atoms with Gasteiger partial charge in [-0.25, -0.2) is 9.89 Å². The van der Waals surface area contributed by atoms with E-state index in [4.69, 9.17) is 0 Å². The molecule has 1 aliphatic heterocycles. The summed E-state index contributed by atoms with van der Waals surface area (Å²) >= 11 is 0. The van der Waals surface area contributed by atoms with Crippen LogP contribution in [0.25, 0.3) is 0 Å². The quantitative estimate of drug-likeness (QED) is 0.428. The van der Waals surface area contributed by atoms with Gasteiger partial charge in [0.25, 0.3) is 0 Å². The van der Waals surface area contributed by atoms with Gasteiger partial charge in [-0.1, -0.05) is 0 Å². The summed E-state index contributed by atoms with van der Waals surface area (Å²) in [6, 6.07) is 0. The molecule has 1 heterocycles. The van der Waals surface area contributed by atoms with Gasteiger partial charge >= 0.3 is 0 Å². The fraction of sp³-hybridized carbons (Fsp3) is 0.750. The molecule has 0 aromatic heterocycles. The monoisotopic (exact) mass is 85.1 g/mol. The van der Waals surface area contributed by atoms with Gasteiger partial charge in [0, 0.05) is 0 Å². The lowest BCUT2D eigenvalue weighted by Crippen LogP contribution is -2.40. The van der Waals surface area contributed by atoms with Crippen LogP contribution >= 0.6 is 0 Å². The number of nitrogens with zero attached hydrogens (tertiary/aromatic N) is 1. The van der Waals surface area contributed by atoms with Crippen LogP contribution < -0.4 is 5.32 Å². The molecule has 0 aromatic rings. The number of hydrogen-bond donors (Lipinski definition) is 1. The average molecular weight is 85.1 g/mol. The molecule has 2 heteroatoms. The molecule has 1 rings (SSSR count). The first kappa shape index (κ1) is 3.65. The van der Waals surface area contributed by atoms with E-state index in [1.807, 2.05) is 6.34 Å². The maximum atomic E-state index is 3.01. The Balaban J connectivity index is 2.32. The van der Waals surface area contributed by atoms with Gasteiger partial charge in [0.15, 0.2) is 0 Å². The first-order chi connectivity index (χ1) is 2.93. The molecule has 34 valence electrons. The highest BCUT2D eigenvalue weighted by molar-refractivity contribution is 5.50. The summed E-state index contributed by atoms with van der Waals surface area (Å²) in [5, 5.41) is 3.01. The maximum absolute atomic E-state index is 3.01. The molecule has 2 nitrogen and oxygen atoms in total. The van der Waals surface area contributed by atoms with E-state index < -0.39 is 0 Å². The summed E-state index contributed by atoms with van der Waals surface area (Å²) in [5.41, 5.74) is 0. The highest BCUT2D eigenvalue weighted by Gasteiger charge is 2.04. The Hall–Kier alpha value is -0.530. The van der Waals surface area contributed by atoms with Crippen LogP contribution in [0, 0.1) is 0 Å². The third-order valence-corrected chi connectivity index (χ3v) is 0.974. The molecule has 0 saturated carbocycles. The molecular weight excluding hydrogens is 76.1 g/mol. The Labute approximate surface area is 37.5 Å². The largest absolute Gasteiger partial charge is 0.244 e. The van der Waals surface area contributed by atoms with Crippen LogP contribution in [-0.4, -0.2) is 24.1 Å². The van der Waals surface area contributed by atoms with Crippen molar-refractivity contribution >= 4 is 6.34 Å². The minimum absolute atomic E-state index is 1.04. The molecule has 0 atom stereocenters. The van der Waals surface area contributed by atoms with Crippen LogP contribution in [0.2, 0.25) is 0 Å². The second-order valence-electron chi connectivity index (χ2n) is 1.40. The van der Waals surface area contributed by atoms with E-state index in [0.717, 1.165) is 13.2 Å². The van der Waals surface area contributed by atoms with Crippen molar-refractivity contribution in [2.24, 2.45) is 0 Å². The normalized spacial score (nSPS) is 17.8. The van der Waals surface area contributed by atoms with E-state index in [9.17, 15) is 0 Å². The van der Waals surface area contributed by atoms with Crippen LogP contribution in [0.15, 0.2) is 0 Å². The minimum Gasteiger partial charge on any atom is -0.244 e. The Kier molecular flexibility index (Phi) is 0.783. The van der Waals surface area contributed by atoms with Crippen LogP contribution in [-0.2, 0) is 0 Å². The predicted octanol–water partition coefficient (Wildman–Crippen LogP) is -0.392. The summed E-state index contributed by atoms with van der Waals surface area (Å²) in [4.78, 5) is 0. The third-order valence-electron chi connectivity index (χ3n) is 0.974. The van der Waals surface area contributed by atoms with Crippen molar-refractivity contribution in [3.8, 4) is 0 Å². The smallest absolute Gasteiger partial charge is 0.238 e. The van der Waals surface area contributed by atoms with Gasteiger partial charge in [-0.3, -0.25) is 0 Å². The summed E-state index contributed by atoms with van der Waals surface area (Å²) < 4.78 is 2.19. The lowest BCUT2D eigenvalue weighted by Gasteiger charge is -2.07. The number of hydrogen-bond acceptors (Lipinski definition) is 1. The molecule has 0 spiro atoms. The zero-order valence-corrected chi connectivity index (χ0v) is 3.94. The molecule has 0 aromatic carbocycles. The average Bonchev–Trinajstić information content (AvgIpc) is 1.31. The van der Waals surface area contributed by atoms with Crippen molar-refractivity contribution in [2.45, 2.75) is 6.92 Å². The van der Waals surface area contributed by atoms with Crippen molar-refractivity contribution in [1.82, 2.24) is 5.32 Å². The second-order valence-corrected chi connectivity index (χ2v) is 1.40. The first-order valence-corrected chi connectivity index (χ1v) is 2.24. The summed E-state index contributed by atoms with van der Waals surface area (Å²) in [7, 11) is 0. The molecule has 0 aliphatic carbocycles. The minimum atomic E-state index is 1.04. The Bertz CT molecular complexity index is 75.6. The van der Waals surface area contributed by atoms with Gasteiger partial charge in [0.05, 0.1) is 6.54 Å². The standard InChI is InChI=1S/C4H8N2/c1-2-6-3-5-4-6/h3H,2,4H2,1H3/p+1. The molecule has 1 N–H and O–H groups in total. The molecule has 0 bridgehead atoms. The van der Waals surface area contributed by atoms with Gasteiger partial charge in [-0.2, -0.15) is 0 Å². The third kappa shape index (κ3) is 0.379. The SMILES string of the molecule is CC[N+]1=CNC1. The number of rotatable bonds is 1. The molecule has 0 saturated heterocycles. The van der Waals surface area contributed by atoms with Gasteiger partial charge in [-0.15, -0.1) is 0 Å². The van der Waals surface area contributed by atoms with Crippen LogP contribution in [0.1, 0.15) is 6.92 Å². The zero-order valence-electron chi connectivity index (χ0n) is 3.94. The van der Waals surface area contributed by atoms with Crippen molar-refractivity contribution < 1.29 is 4.58 Å². The topological polar surface area (TPSA) is 15.0 Å². The lowest BCUT2D eigenvalue weighted by molar-refractivity contribution is -0.550. The van der Waals surface area contributed by atoms with Gasteiger partial charge in [-0.05, 0) is 6.92 Å². The first-order valence-electron chi connectivity index (χ1n) is 2.24. The Morgan fingerprint density at radius 2 is 2.67 bits per heavy atom. The van der Waals surface area contributed by atoms with Crippen LogP contribution in [0.4, 0.5) is 0 Å². The Morgan fingerprint density at radius 1 is 2.00 bits per heavy atom. The van der Waals surface area contributed by atoms with E-state index in [1.165, 1.54) is 0 Å². The lowest BCUT2D eigenvalue weighted by atomic mass is 10.6. The van der Waals surface area contributed by atoms with E-state index in [-0.39, 0.29) is 0 Å². The summed E-state index contributed by atoms with van der Waals surface area (Å²) in [6.45, 7) is 4.31. The second kappa shape index (κ2) is 1.29. The van der Waals surface area contributed by atoms with Crippen molar-refractivity contribution in [3.05, 3.63) is 0 Å². The zero-order chi connectivity index (χ0) is 4.41. The molecule has 6 heavy (non-hydrogen) atoms.